The van der Waals surface area contributed by atoms with Crippen LogP contribution in [0.5, 0.6) is 5.75 Å². The molecule has 0 radical (unpaired) electrons. The molecule has 2 heterocycles. The van der Waals surface area contributed by atoms with Gasteiger partial charge in [-0.15, -0.1) is 23.5 Å². The van der Waals surface area contributed by atoms with Crippen molar-refractivity contribution >= 4 is 70.8 Å². The Balaban J connectivity index is 1.50. The topological polar surface area (TPSA) is 273 Å². The quantitative estimate of drug-likeness (QED) is 0.113. The number of likely N-dealkylation sites (tertiary alicyclic amines) is 1. The molecule has 1 unspecified atom stereocenters. The molecule has 2 aromatic rings. The number of thioether (sulfide) groups is 2. The van der Waals surface area contributed by atoms with Gasteiger partial charge in [0.15, 0.2) is 0 Å². The van der Waals surface area contributed by atoms with Crippen LogP contribution in [0.3, 0.4) is 0 Å². The average molecular weight is 1020 g/mol. The average Bonchev–Trinajstić information content (AvgIpc) is 3.84. The number of hydrogen-bond acceptors (Lipinski definition) is 12. The van der Waals surface area contributed by atoms with E-state index in [0.29, 0.717) is 48.9 Å². The molecule has 8 amide bonds. The number of ether oxygens (including phenoxy) is 1. The van der Waals surface area contributed by atoms with Gasteiger partial charge in [-0.05, 0) is 81.2 Å². The number of benzene rings is 2. The molecule has 390 valence electrons. The van der Waals surface area contributed by atoms with Gasteiger partial charge in [-0.2, -0.15) is 0 Å². The van der Waals surface area contributed by atoms with Crippen LogP contribution < -0.4 is 48.1 Å². The van der Waals surface area contributed by atoms with Crippen LogP contribution in [0.4, 0.5) is 0 Å². The lowest BCUT2D eigenvalue weighted by Gasteiger charge is -2.37. The molecule has 0 bridgehead atoms. The molecule has 3 fully saturated rings. The van der Waals surface area contributed by atoms with Crippen molar-refractivity contribution in [2.75, 3.05) is 37.1 Å². The summed E-state index contributed by atoms with van der Waals surface area (Å²) < 4.78 is 5.14. The van der Waals surface area contributed by atoms with Gasteiger partial charge in [-0.25, -0.2) is 0 Å². The van der Waals surface area contributed by atoms with Crippen LogP contribution in [0.1, 0.15) is 109 Å². The predicted octanol–water partition coefficient (Wildman–Crippen LogP) is 2.59. The smallest absolute Gasteiger partial charge is 0.246 e. The van der Waals surface area contributed by atoms with Crippen LogP contribution in [-0.4, -0.2) is 130 Å². The van der Waals surface area contributed by atoms with Crippen molar-refractivity contribution in [1.82, 2.24) is 36.8 Å². The van der Waals surface area contributed by atoms with Crippen LogP contribution in [0.25, 0.3) is 0 Å². The van der Waals surface area contributed by atoms with E-state index in [2.05, 4.69) is 31.9 Å². The summed E-state index contributed by atoms with van der Waals surface area (Å²) in [5.74, 6) is -4.81. The van der Waals surface area contributed by atoms with Gasteiger partial charge >= 0.3 is 0 Å². The third-order valence-corrected chi connectivity index (χ3v) is 16.0. The van der Waals surface area contributed by atoms with E-state index >= 15 is 0 Å². The summed E-state index contributed by atoms with van der Waals surface area (Å²) in [4.78, 5) is 114. The highest BCUT2D eigenvalue weighted by atomic mass is 32.2. The molecule has 3 aliphatic rings. The first-order chi connectivity index (χ1) is 34.1. The minimum absolute atomic E-state index is 0.0302. The van der Waals surface area contributed by atoms with E-state index in [1.807, 2.05) is 25.1 Å². The van der Waals surface area contributed by atoms with Crippen molar-refractivity contribution in [3.8, 4) is 5.75 Å². The fourth-order valence-electron chi connectivity index (χ4n) is 9.29. The Morgan fingerprint density at radius 1 is 0.789 bits per heavy atom. The van der Waals surface area contributed by atoms with Gasteiger partial charge < -0.3 is 53.0 Å². The normalized spacial score (nSPS) is 24.1. The molecule has 6 atom stereocenters. The zero-order valence-corrected chi connectivity index (χ0v) is 43.1. The Bertz CT molecular complexity index is 2110. The van der Waals surface area contributed by atoms with Crippen molar-refractivity contribution in [1.29, 1.82) is 0 Å². The summed E-state index contributed by atoms with van der Waals surface area (Å²) in [5, 5.41) is 17.5. The fourth-order valence-corrected chi connectivity index (χ4v) is 12.3. The van der Waals surface area contributed by atoms with E-state index in [1.54, 1.807) is 62.0 Å². The Morgan fingerprint density at radius 3 is 2.10 bits per heavy atom. The molecule has 71 heavy (non-hydrogen) atoms. The third kappa shape index (κ3) is 17.7. The zero-order valence-electron chi connectivity index (χ0n) is 41.5. The zero-order chi connectivity index (χ0) is 51.3. The number of carbonyl (C=O) groups is 8. The maximum absolute atomic E-state index is 14.6. The monoisotopic (exact) mass is 1020 g/mol. The lowest BCUT2D eigenvalue weighted by atomic mass is 9.85. The van der Waals surface area contributed by atoms with Gasteiger partial charge in [0.1, 0.15) is 42.0 Å². The maximum Gasteiger partial charge on any atom is 0.246 e. The fraction of sp³-hybridized carbons (Fsp3) is 0.608. The lowest BCUT2D eigenvalue weighted by Crippen LogP contribution is -2.61. The van der Waals surface area contributed by atoms with E-state index in [0.717, 1.165) is 56.9 Å². The van der Waals surface area contributed by atoms with Crippen LogP contribution in [0.2, 0.25) is 0 Å². The molecule has 20 heteroatoms. The van der Waals surface area contributed by atoms with Crippen LogP contribution in [0.15, 0.2) is 54.6 Å². The molecule has 1 spiro atoms. The second-order valence-corrected chi connectivity index (χ2v) is 21.9. The molecular weight excluding hydrogens is 947 g/mol. The van der Waals surface area contributed by atoms with Crippen LogP contribution in [0, 0.1) is 5.92 Å². The van der Waals surface area contributed by atoms with Gasteiger partial charge in [0.05, 0.1) is 13.0 Å². The summed E-state index contributed by atoms with van der Waals surface area (Å²) in [6, 6.07) is 9.19. The van der Waals surface area contributed by atoms with E-state index < -0.39 is 88.8 Å². The van der Waals surface area contributed by atoms with E-state index in [-0.39, 0.29) is 43.4 Å². The van der Waals surface area contributed by atoms with Crippen molar-refractivity contribution in [2.45, 2.75) is 152 Å². The number of primary amides is 1. The van der Waals surface area contributed by atoms with Crippen molar-refractivity contribution in [3.05, 3.63) is 65.7 Å². The number of rotatable bonds is 16. The number of unbranched alkanes of at least 4 members (excludes halogenated alkanes) is 2. The van der Waals surface area contributed by atoms with E-state index in [1.165, 1.54) is 16.7 Å². The number of nitrogens with zero attached hydrogens (tertiary/aromatic N) is 1. The second-order valence-electron chi connectivity index (χ2n) is 19.1. The summed E-state index contributed by atoms with van der Waals surface area (Å²) in [5.41, 5.74) is 12.7. The third-order valence-electron chi connectivity index (χ3n) is 13.1. The van der Waals surface area contributed by atoms with Crippen LogP contribution in [-0.2, 0) is 51.2 Å². The van der Waals surface area contributed by atoms with E-state index in [4.69, 9.17) is 16.2 Å². The maximum atomic E-state index is 14.6. The summed E-state index contributed by atoms with van der Waals surface area (Å²) in [6.45, 7) is 7.00. The van der Waals surface area contributed by atoms with Crippen molar-refractivity contribution in [2.24, 2.45) is 17.4 Å². The van der Waals surface area contributed by atoms with Gasteiger partial charge in [-0.1, -0.05) is 82.0 Å². The Kier molecular flexibility index (Phi) is 22.8. The van der Waals surface area contributed by atoms with Gasteiger partial charge in [0.25, 0.3) is 0 Å². The minimum atomic E-state index is -1.54. The molecule has 1 saturated carbocycles. The van der Waals surface area contributed by atoms with Crippen LogP contribution >= 0.6 is 23.5 Å². The number of nitrogens with two attached hydrogens (primary N) is 2. The molecule has 10 N–H and O–H groups in total. The highest BCUT2D eigenvalue weighted by Gasteiger charge is 2.41. The highest BCUT2D eigenvalue weighted by molar-refractivity contribution is 8.16. The van der Waals surface area contributed by atoms with Gasteiger partial charge in [-0.3, -0.25) is 38.4 Å². The molecule has 2 aromatic carbocycles. The lowest BCUT2D eigenvalue weighted by molar-refractivity contribution is -0.141. The number of hydrogen-bond donors (Lipinski definition) is 8. The first kappa shape index (κ1) is 56.6. The molecular formula is C51H75N9O9S2. The van der Waals surface area contributed by atoms with E-state index in [9.17, 15) is 38.4 Å². The first-order valence-electron chi connectivity index (χ1n) is 25.2. The Labute approximate surface area is 426 Å². The SMILES string of the molecule is CCOc1ccc(C[C@H]2NC(=O)CC3(CCCCC3)SCSC[C@H](C(=O)N3CCCC3C(=O)NCCCCCN)NC(=O)[C@@H](CC(N)=O)NC(=O)[C@H](C(C)C)NC(=O)[C@@H](Cc3ccccc3)NC2=O)cc1. The molecule has 18 nitrogen and oxygen atoms in total. The minimum Gasteiger partial charge on any atom is -0.494 e. The molecule has 5 rings (SSSR count). The van der Waals surface area contributed by atoms with Crippen molar-refractivity contribution < 1.29 is 43.1 Å². The highest BCUT2D eigenvalue weighted by Crippen LogP contribution is 2.44. The second kappa shape index (κ2) is 28.6. The largest absolute Gasteiger partial charge is 0.494 e. The Morgan fingerprint density at radius 2 is 1.44 bits per heavy atom. The number of carbonyl (C=O) groups excluding carboxylic acids is 8. The van der Waals surface area contributed by atoms with Gasteiger partial charge in [0, 0.05) is 47.9 Å². The number of nitrogens with one attached hydrogen (secondary N) is 6. The number of amides is 8. The summed E-state index contributed by atoms with van der Waals surface area (Å²) in [6.07, 6.45) is 7.31. The molecule has 0 aromatic heterocycles. The summed E-state index contributed by atoms with van der Waals surface area (Å²) >= 11 is 2.99. The molecule has 2 aliphatic heterocycles. The van der Waals surface area contributed by atoms with Gasteiger partial charge in [0.2, 0.25) is 47.3 Å². The first-order valence-corrected chi connectivity index (χ1v) is 27.3. The molecule has 2 saturated heterocycles. The standard InChI is InChI=1S/C51H75N9O9S2/c1-4-69-36-20-18-35(19-21-36)28-37-45(63)56-38(27-34-15-8-5-9-16-34)47(65)59-44(33(2)3)49(67)57-39(29-42(53)61)46(64)58-40(31-70-32-71-51(30-43(62)55-37)22-10-6-11-23-51)50(68)60-26-14-17-41(60)48(66)54-25-13-7-12-24-52/h5,8-9,15-16,18-21,33,37-41,44H,4,6-7,10-14,17,22-32,52H2,1-3H3,(H2,53,61)(H,54,66)(H,55,62)(H,56,63)(H,57,67)(H,58,64)(H,59,65)/t37-,38-,39-,40-,41?,44+/m1/s1. The van der Waals surface area contributed by atoms with Crippen molar-refractivity contribution in [3.63, 3.8) is 0 Å². The summed E-state index contributed by atoms with van der Waals surface area (Å²) in [7, 11) is 0. The molecule has 1 aliphatic carbocycles. The Hall–Kier alpha value is -5.34. The predicted molar refractivity (Wildman–Crippen MR) is 276 cm³/mol.